The SMILES string of the molecule is CCC(C)(C)c1ccc2c(c1)C(CCCCCN(C)C)(CCCCCN(C)C)c1cc(-c3ccc4c(c3)C(CCCCCN(C)C)(CCCCCN(C)C)c3cc(C(C)(C)CC)ncc3-4)ncc1-2. The predicted molar refractivity (Wildman–Crippen MR) is 295 cm³/mol. The van der Waals surface area contributed by atoms with Crippen molar-refractivity contribution >= 4 is 0 Å². The van der Waals surface area contributed by atoms with E-state index in [1.807, 2.05) is 0 Å². The van der Waals surface area contributed by atoms with Crippen LogP contribution in [-0.2, 0) is 21.7 Å². The van der Waals surface area contributed by atoms with E-state index in [0.29, 0.717) is 0 Å². The van der Waals surface area contributed by atoms with E-state index < -0.39 is 0 Å². The largest absolute Gasteiger partial charge is 0.309 e. The van der Waals surface area contributed by atoms with Crippen LogP contribution in [0.4, 0.5) is 0 Å². The first kappa shape index (κ1) is 53.9. The van der Waals surface area contributed by atoms with Gasteiger partial charge in [0.15, 0.2) is 0 Å². The van der Waals surface area contributed by atoms with Gasteiger partial charge in [-0.05, 0) is 209 Å². The molecule has 0 fully saturated rings. The summed E-state index contributed by atoms with van der Waals surface area (Å²) in [6.45, 7) is 18.9. The van der Waals surface area contributed by atoms with Crippen molar-refractivity contribution in [1.29, 1.82) is 0 Å². The Morgan fingerprint density at radius 3 is 1.25 bits per heavy atom. The van der Waals surface area contributed by atoms with Crippen LogP contribution in [0.1, 0.15) is 191 Å². The van der Waals surface area contributed by atoms with Crippen molar-refractivity contribution in [3.63, 3.8) is 0 Å². The quantitative estimate of drug-likeness (QED) is 0.0505. The highest BCUT2D eigenvalue weighted by atomic mass is 15.1. The van der Waals surface area contributed by atoms with Gasteiger partial charge < -0.3 is 19.6 Å². The highest BCUT2D eigenvalue weighted by Crippen LogP contribution is 2.58. The monoisotopic (exact) mass is 925 g/mol. The Labute approximate surface area is 417 Å². The molecule has 2 aromatic heterocycles. The number of benzene rings is 2. The summed E-state index contributed by atoms with van der Waals surface area (Å²) in [4.78, 5) is 20.1. The molecule has 0 spiro atoms. The van der Waals surface area contributed by atoms with Crippen LogP contribution in [-0.4, -0.2) is 112 Å². The average molecular weight is 925 g/mol. The predicted octanol–water partition coefficient (Wildman–Crippen LogP) is 14.5. The molecule has 0 aliphatic heterocycles. The smallest absolute Gasteiger partial charge is 0.0705 e. The lowest BCUT2D eigenvalue weighted by Gasteiger charge is -2.35. The van der Waals surface area contributed by atoms with Crippen molar-refractivity contribution in [2.24, 2.45) is 0 Å². The lowest BCUT2D eigenvalue weighted by atomic mass is 9.69. The third-order valence-corrected chi connectivity index (χ3v) is 16.9. The summed E-state index contributed by atoms with van der Waals surface area (Å²) in [6, 6.07) is 20.2. The molecule has 2 heterocycles. The summed E-state index contributed by atoms with van der Waals surface area (Å²) in [5.41, 5.74) is 16.8. The second-order valence-electron chi connectivity index (χ2n) is 23.8. The highest BCUT2D eigenvalue weighted by molar-refractivity contribution is 5.86. The number of nitrogens with zero attached hydrogens (tertiary/aromatic N) is 6. The van der Waals surface area contributed by atoms with Crippen LogP contribution >= 0.6 is 0 Å². The van der Waals surface area contributed by atoms with Gasteiger partial charge in [-0.3, -0.25) is 9.97 Å². The fraction of sp³-hybridized carbons (Fsp3) is 0.645. The van der Waals surface area contributed by atoms with E-state index in [2.05, 4.69) is 178 Å². The van der Waals surface area contributed by atoms with E-state index in [9.17, 15) is 0 Å². The molecule has 68 heavy (non-hydrogen) atoms. The van der Waals surface area contributed by atoms with Crippen molar-refractivity contribution < 1.29 is 0 Å². The number of fused-ring (bicyclic) bond motifs is 6. The summed E-state index contributed by atoms with van der Waals surface area (Å²) >= 11 is 0. The van der Waals surface area contributed by atoms with Crippen molar-refractivity contribution in [3.05, 3.63) is 94.4 Å². The maximum Gasteiger partial charge on any atom is 0.0705 e. The van der Waals surface area contributed by atoms with Crippen LogP contribution in [0.15, 0.2) is 60.9 Å². The third kappa shape index (κ3) is 12.4. The number of aromatic nitrogens is 2. The fourth-order valence-corrected chi connectivity index (χ4v) is 11.7. The summed E-state index contributed by atoms with van der Waals surface area (Å²) < 4.78 is 0. The van der Waals surface area contributed by atoms with Gasteiger partial charge in [0.2, 0.25) is 0 Å². The molecule has 6 heteroatoms. The molecule has 0 saturated carbocycles. The number of hydrogen-bond acceptors (Lipinski definition) is 6. The highest BCUT2D eigenvalue weighted by Gasteiger charge is 2.45. The molecular weight excluding hydrogens is 829 g/mol. The van der Waals surface area contributed by atoms with Gasteiger partial charge >= 0.3 is 0 Å². The second-order valence-corrected chi connectivity index (χ2v) is 23.8. The van der Waals surface area contributed by atoms with Gasteiger partial charge in [-0.15, -0.1) is 0 Å². The van der Waals surface area contributed by atoms with Crippen molar-refractivity contribution in [3.8, 4) is 33.5 Å². The number of rotatable bonds is 29. The molecule has 0 unspecified atom stereocenters. The fourth-order valence-electron chi connectivity index (χ4n) is 11.7. The summed E-state index contributed by atoms with van der Waals surface area (Å²) in [5.74, 6) is 0. The van der Waals surface area contributed by atoms with E-state index >= 15 is 0 Å². The van der Waals surface area contributed by atoms with E-state index in [-0.39, 0.29) is 21.7 Å². The second kappa shape index (κ2) is 23.7. The third-order valence-electron chi connectivity index (χ3n) is 16.9. The first-order valence-corrected chi connectivity index (χ1v) is 27.3. The molecule has 2 aromatic carbocycles. The molecule has 2 aliphatic carbocycles. The first-order valence-electron chi connectivity index (χ1n) is 27.3. The Morgan fingerprint density at radius 2 is 0.809 bits per heavy atom. The van der Waals surface area contributed by atoms with Gasteiger partial charge in [-0.1, -0.05) is 123 Å². The van der Waals surface area contributed by atoms with Gasteiger partial charge in [0.1, 0.15) is 0 Å². The van der Waals surface area contributed by atoms with Crippen LogP contribution in [0.3, 0.4) is 0 Å². The van der Waals surface area contributed by atoms with Crippen LogP contribution in [0.5, 0.6) is 0 Å². The van der Waals surface area contributed by atoms with Crippen LogP contribution < -0.4 is 0 Å². The van der Waals surface area contributed by atoms with Gasteiger partial charge in [0, 0.05) is 51.0 Å². The molecule has 6 nitrogen and oxygen atoms in total. The van der Waals surface area contributed by atoms with Gasteiger partial charge in [0.25, 0.3) is 0 Å². The van der Waals surface area contributed by atoms with E-state index in [4.69, 9.17) is 9.97 Å². The Balaban J connectivity index is 1.49. The summed E-state index contributed by atoms with van der Waals surface area (Å²) in [6.07, 6.45) is 26.3. The van der Waals surface area contributed by atoms with Crippen molar-refractivity contribution in [2.75, 3.05) is 82.6 Å². The van der Waals surface area contributed by atoms with Crippen molar-refractivity contribution in [1.82, 2.24) is 29.6 Å². The maximum absolute atomic E-state index is 5.48. The van der Waals surface area contributed by atoms with Crippen LogP contribution in [0, 0.1) is 0 Å². The van der Waals surface area contributed by atoms with Gasteiger partial charge in [-0.25, -0.2) is 0 Å². The molecule has 0 N–H and O–H groups in total. The topological polar surface area (TPSA) is 38.7 Å². The molecule has 6 rings (SSSR count). The molecule has 374 valence electrons. The van der Waals surface area contributed by atoms with E-state index in [1.165, 1.54) is 158 Å². The molecular formula is C62H96N6. The Morgan fingerprint density at radius 1 is 0.412 bits per heavy atom. The molecule has 0 atom stereocenters. The number of hydrogen-bond donors (Lipinski definition) is 0. The Bertz CT molecular complexity index is 2040. The molecule has 0 radical (unpaired) electrons. The first-order chi connectivity index (χ1) is 32.4. The molecule has 4 aromatic rings. The van der Waals surface area contributed by atoms with Gasteiger partial charge in [-0.2, -0.15) is 0 Å². The molecule has 0 amide bonds. The zero-order valence-electron chi connectivity index (χ0n) is 46.0. The minimum atomic E-state index is -0.0588. The minimum Gasteiger partial charge on any atom is -0.309 e. The average Bonchev–Trinajstić information content (AvgIpc) is 3.73. The lowest BCUT2D eigenvalue weighted by molar-refractivity contribution is 0.358. The minimum absolute atomic E-state index is 0.0162. The van der Waals surface area contributed by atoms with Crippen LogP contribution in [0.25, 0.3) is 33.5 Å². The van der Waals surface area contributed by atoms with Crippen molar-refractivity contribution in [2.45, 2.75) is 179 Å². The normalized spacial score (nSPS) is 14.9. The Kier molecular flexibility index (Phi) is 18.8. The summed E-state index contributed by atoms with van der Waals surface area (Å²) in [5, 5.41) is 0. The van der Waals surface area contributed by atoms with E-state index in [1.54, 1.807) is 5.56 Å². The maximum atomic E-state index is 5.48. The molecule has 0 saturated heterocycles. The summed E-state index contributed by atoms with van der Waals surface area (Å²) in [7, 11) is 17.7. The standard InChI is InChI=1S/C62H96N6/c1-15-59(3,4)48-30-32-50-51-45-63-57(43-55(51)62(54(50)42-48,35-23-19-27-39-67(11)12)36-24-20-28-40-68(13)14)47-29-31-49-52-46-64-58(60(5,6)16-2)44-56(52)61(53(49)41-47,33-21-17-25-37-65(7)8)34-22-18-26-38-66(9)10/h29-32,41-46H,15-28,33-40H2,1-14H3. The number of unbranched alkanes of at least 4 members (excludes halogenated alkanes) is 8. The zero-order chi connectivity index (χ0) is 49.3. The molecule has 0 bridgehead atoms. The molecule has 2 aliphatic rings. The number of pyridine rings is 2. The zero-order valence-corrected chi connectivity index (χ0v) is 46.0. The van der Waals surface area contributed by atoms with Gasteiger partial charge in [0.05, 0.1) is 5.69 Å². The Hall–Kier alpha value is -3.42. The van der Waals surface area contributed by atoms with Crippen LogP contribution in [0.2, 0.25) is 0 Å². The lowest BCUT2D eigenvalue weighted by Crippen LogP contribution is -2.27. The van der Waals surface area contributed by atoms with E-state index in [0.717, 1.165) is 44.7 Å².